The first-order valence-corrected chi connectivity index (χ1v) is 6.72. The first kappa shape index (κ1) is 13.4. The van der Waals surface area contributed by atoms with Crippen LogP contribution in [0, 0.1) is 0 Å². The number of carboxylic acid groups (broad SMARTS) is 1. The monoisotopic (exact) mass is 288 g/mol. The van der Waals surface area contributed by atoms with Gasteiger partial charge in [0.25, 0.3) is 0 Å². The Morgan fingerprint density at radius 1 is 1.50 bits per heavy atom. The van der Waals surface area contributed by atoms with E-state index in [1.165, 1.54) is 11.8 Å². The van der Waals surface area contributed by atoms with Crippen molar-refractivity contribution in [1.29, 1.82) is 0 Å². The van der Waals surface area contributed by atoms with Gasteiger partial charge >= 0.3 is 5.97 Å². The molecule has 1 N–H and O–H groups in total. The maximum atomic E-state index is 11.0. The Morgan fingerprint density at radius 2 is 2.22 bits per heavy atom. The minimum atomic E-state index is -0.834. The normalized spacial score (nSPS) is 13.7. The lowest BCUT2D eigenvalue weighted by Crippen LogP contribution is -2.27. The standard InChI is InChI=1S/C12H13ClO4S/c1-12(2,11(14)15)18-5-7-3-8(13)10-9(4-7)16-6-17-10/h3-4H,5-6H2,1-2H3,(H,14,15). The highest BCUT2D eigenvalue weighted by molar-refractivity contribution is 8.00. The van der Waals surface area contributed by atoms with Crippen LogP contribution in [0.5, 0.6) is 11.5 Å². The fourth-order valence-electron chi connectivity index (χ4n) is 1.43. The molecule has 0 atom stereocenters. The van der Waals surface area contributed by atoms with Crippen LogP contribution < -0.4 is 9.47 Å². The van der Waals surface area contributed by atoms with Gasteiger partial charge in [-0.1, -0.05) is 11.6 Å². The number of fused-ring (bicyclic) bond motifs is 1. The third-order valence-electron chi connectivity index (χ3n) is 2.60. The Hall–Kier alpha value is -1.07. The van der Waals surface area contributed by atoms with Gasteiger partial charge in [0.15, 0.2) is 11.5 Å². The van der Waals surface area contributed by atoms with Crippen molar-refractivity contribution in [1.82, 2.24) is 0 Å². The van der Waals surface area contributed by atoms with E-state index >= 15 is 0 Å². The van der Waals surface area contributed by atoms with Gasteiger partial charge < -0.3 is 14.6 Å². The van der Waals surface area contributed by atoms with Gasteiger partial charge in [0.2, 0.25) is 6.79 Å². The number of ether oxygens (including phenoxy) is 2. The molecule has 1 heterocycles. The van der Waals surface area contributed by atoms with Crippen molar-refractivity contribution in [2.24, 2.45) is 0 Å². The average molecular weight is 289 g/mol. The topological polar surface area (TPSA) is 55.8 Å². The molecule has 0 unspecified atom stereocenters. The molecule has 0 spiro atoms. The van der Waals surface area contributed by atoms with Gasteiger partial charge in [0.05, 0.1) is 5.02 Å². The van der Waals surface area contributed by atoms with Gasteiger partial charge in [0.1, 0.15) is 4.75 Å². The summed E-state index contributed by atoms with van der Waals surface area (Å²) in [6.07, 6.45) is 0. The van der Waals surface area contributed by atoms with Crippen molar-refractivity contribution in [3.63, 3.8) is 0 Å². The van der Waals surface area contributed by atoms with E-state index in [2.05, 4.69) is 0 Å². The van der Waals surface area contributed by atoms with E-state index in [0.29, 0.717) is 22.3 Å². The summed E-state index contributed by atoms with van der Waals surface area (Å²) in [6.45, 7) is 3.52. The predicted molar refractivity (Wildman–Crippen MR) is 70.6 cm³/mol. The van der Waals surface area contributed by atoms with Gasteiger partial charge in [-0.15, -0.1) is 11.8 Å². The van der Waals surface area contributed by atoms with Crippen LogP contribution in [0.2, 0.25) is 5.02 Å². The summed E-state index contributed by atoms with van der Waals surface area (Å²) in [6, 6.07) is 3.61. The Bertz CT molecular complexity index is 487. The van der Waals surface area contributed by atoms with Crippen LogP contribution >= 0.6 is 23.4 Å². The summed E-state index contributed by atoms with van der Waals surface area (Å²) in [5.41, 5.74) is 0.920. The number of rotatable bonds is 4. The summed E-state index contributed by atoms with van der Waals surface area (Å²) in [5, 5.41) is 9.53. The summed E-state index contributed by atoms with van der Waals surface area (Å²) >= 11 is 7.40. The van der Waals surface area contributed by atoms with Crippen LogP contribution in [0.4, 0.5) is 0 Å². The lowest BCUT2D eigenvalue weighted by molar-refractivity contribution is -0.138. The number of halogens is 1. The van der Waals surface area contributed by atoms with Crippen molar-refractivity contribution < 1.29 is 19.4 Å². The van der Waals surface area contributed by atoms with Gasteiger partial charge in [0, 0.05) is 5.75 Å². The Kier molecular flexibility index (Phi) is 3.64. The highest BCUT2D eigenvalue weighted by atomic mass is 35.5. The lowest BCUT2D eigenvalue weighted by atomic mass is 10.2. The first-order chi connectivity index (χ1) is 8.40. The largest absolute Gasteiger partial charge is 0.480 e. The first-order valence-electron chi connectivity index (χ1n) is 5.35. The number of carbonyl (C=O) groups is 1. The molecule has 0 saturated heterocycles. The summed E-state index contributed by atoms with van der Waals surface area (Å²) in [7, 11) is 0. The van der Waals surface area contributed by atoms with Crippen molar-refractivity contribution in [3.8, 4) is 11.5 Å². The quantitative estimate of drug-likeness (QED) is 0.922. The summed E-state index contributed by atoms with van der Waals surface area (Å²) in [4.78, 5) is 11.0. The molecule has 98 valence electrons. The minimum Gasteiger partial charge on any atom is -0.480 e. The molecular weight excluding hydrogens is 276 g/mol. The third-order valence-corrected chi connectivity index (χ3v) is 4.26. The number of hydrogen-bond acceptors (Lipinski definition) is 4. The van der Waals surface area contributed by atoms with Crippen LogP contribution in [-0.4, -0.2) is 22.6 Å². The fourth-order valence-corrected chi connectivity index (χ4v) is 2.54. The maximum Gasteiger partial charge on any atom is 0.319 e. The number of benzene rings is 1. The van der Waals surface area contributed by atoms with E-state index < -0.39 is 10.7 Å². The molecule has 0 aliphatic carbocycles. The molecule has 6 heteroatoms. The van der Waals surface area contributed by atoms with Crippen LogP contribution in [0.25, 0.3) is 0 Å². The average Bonchev–Trinajstić information content (AvgIpc) is 2.75. The summed E-state index contributed by atoms with van der Waals surface area (Å²) in [5.74, 6) is 0.892. The predicted octanol–water partition coefficient (Wildman–Crippen LogP) is 3.17. The molecule has 1 aromatic carbocycles. The van der Waals surface area contributed by atoms with Crippen molar-refractivity contribution in [2.45, 2.75) is 24.3 Å². The zero-order valence-electron chi connectivity index (χ0n) is 10.0. The second-order valence-corrected chi connectivity index (χ2v) is 6.42. The van der Waals surface area contributed by atoms with Gasteiger partial charge in [-0.2, -0.15) is 0 Å². The van der Waals surface area contributed by atoms with Crippen molar-refractivity contribution >= 4 is 29.3 Å². The molecule has 0 bridgehead atoms. The van der Waals surface area contributed by atoms with Crippen LogP contribution in [0.3, 0.4) is 0 Å². The molecule has 2 rings (SSSR count). The van der Waals surface area contributed by atoms with Crippen LogP contribution in [-0.2, 0) is 10.5 Å². The second kappa shape index (κ2) is 4.90. The molecule has 0 saturated carbocycles. The number of thioether (sulfide) groups is 1. The Morgan fingerprint density at radius 3 is 2.89 bits per heavy atom. The van der Waals surface area contributed by atoms with Crippen molar-refractivity contribution in [2.75, 3.05) is 6.79 Å². The van der Waals surface area contributed by atoms with Gasteiger partial charge in [-0.3, -0.25) is 4.79 Å². The third kappa shape index (κ3) is 2.67. The van der Waals surface area contributed by atoms with E-state index in [-0.39, 0.29) is 6.79 Å². The molecule has 0 fully saturated rings. The molecule has 0 radical (unpaired) electrons. The molecule has 18 heavy (non-hydrogen) atoms. The highest BCUT2D eigenvalue weighted by Crippen LogP contribution is 2.41. The maximum absolute atomic E-state index is 11.0. The van der Waals surface area contributed by atoms with E-state index in [1.54, 1.807) is 19.9 Å². The van der Waals surface area contributed by atoms with Crippen molar-refractivity contribution in [3.05, 3.63) is 22.7 Å². The Labute approximate surface area is 114 Å². The molecular formula is C12H13ClO4S. The zero-order chi connectivity index (χ0) is 13.3. The number of aliphatic carboxylic acids is 1. The Balaban J connectivity index is 2.12. The SMILES string of the molecule is CC(C)(SCc1cc(Cl)c2c(c1)OCO2)C(=O)O. The smallest absolute Gasteiger partial charge is 0.319 e. The minimum absolute atomic E-state index is 0.173. The highest BCUT2D eigenvalue weighted by Gasteiger charge is 2.28. The van der Waals surface area contributed by atoms with Gasteiger partial charge in [-0.05, 0) is 31.5 Å². The van der Waals surface area contributed by atoms with Crippen LogP contribution in [0.15, 0.2) is 12.1 Å². The fraction of sp³-hybridized carbons (Fsp3) is 0.417. The van der Waals surface area contributed by atoms with E-state index in [1.807, 2.05) is 6.07 Å². The molecule has 4 nitrogen and oxygen atoms in total. The number of hydrogen-bond donors (Lipinski definition) is 1. The zero-order valence-corrected chi connectivity index (χ0v) is 11.6. The second-order valence-electron chi connectivity index (χ2n) is 4.42. The van der Waals surface area contributed by atoms with E-state index in [0.717, 1.165) is 5.56 Å². The van der Waals surface area contributed by atoms with Gasteiger partial charge in [-0.25, -0.2) is 0 Å². The van der Waals surface area contributed by atoms with E-state index in [4.69, 9.17) is 26.2 Å². The van der Waals surface area contributed by atoms with Crippen LogP contribution in [0.1, 0.15) is 19.4 Å². The molecule has 1 aliphatic rings. The molecule has 1 aliphatic heterocycles. The summed E-state index contributed by atoms with van der Waals surface area (Å²) < 4.78 is 9.65. The molecule has 0 amide bonds. The number of carboxylic acids is 1. The molecule has 0 aromatic heterocycles. The molecule has 1 aromatic rings. The van der Waals surface area contributed by atoms with E-state index in [9.17, 15) is 4.79 Å². The lowest BCUT2D eigenvalue weighted by Gasteiger charge is -2.18.